The van der Waals surface area contributed by atoms with Crippen LogP contribution in [-0.2, 0) is 0 Å². The van der Waals surface area contributed by atoms with Gasteiger partial charge in [0, 0.05) is 34.9 Å². The minimum absolute atomic E-state index is 0.00927. The third kappa shape index (κ3) is 4.75. The maximum absolute atomic E-state index is 12.5. The Bertz CT molecular complexity index is 922. The van der Waals surface area contributed by atoms with Crippen LogP contribution in [0.1, 0.15) is 31.1 Å². The summed E-state index contributed by atoms with van der Waals surface area (Å²) in [6.07, 6.45) is 0. The van der Waals surface area contributed by atoms with Gasteiger partial charge in [0.1, 0.15) is 0 Å². The molecule has 1 aromatic heterocycles. The number of hydrogen-bond acceptors (Lipinski definition) is 6. The largest absolute Gasteiger partial charge is 0.411 e. The van der Waals surface area contributed by atoms with Gasteiger partial charge in [-0.05, 0) is 69.3 Å². The van der Waals surface area contributed by atoms with Crippen LogP contribution in [0.25, 0.3) is 11.5 Å². The molecule has 1 atom stereocenters. The average molecular weight is 416 g/mol. The lowest BCUT2D eigenvalue weighted by molar-refractivity contribution is 0.0993. The van der Waals surface area contributed by atoms with Crippen LogP contribution in [0, 0.1) is 0 Å². The highest BCUT2D eigenvalue weighted by Gasteiger charge is 2.20. The Morgan fingerprint density at radius 1 is 1.07 bits per heavy atom. The Morgan fingerprint density at radius 3 is 2.32 bits per heavy atom. The summed E-state index contributed by atoms with van der Waals surface area (Å²) in [6.45, 7) is 7.99. The first-order valence-electron chi connectivity index (χ1n) is 9.17. The molecule has 5 nitrogen and oxygen atoms in total. The molecular formula is C21H22ClN3O2S. The van der Waals surface area contributed by atoms with Crippen LogP contribution in [0.4, 0.5) is 5.69 Å². The van der Waals surface area contributed by atoms with Crippen molar-refractivity contribution in [1.82, 2.24) is 10.2 Å². The molecule has 3 rings (SSSR count). The molecule has 0 saturated heterocycles. The summed E-state index contributed by atoms with van der Waals surface area (Å²) in [5.41, 5.74) is 2.62. The molecule has 0 aliphatic heterocycles. The quantitative estimate of drug-likeness (QED) is 0.352. The number of aromatic nitrogens is 2. The second-order valence-electron chi connectivity index (χ2n) is 6.22. The number of thioether (sulfide) groups is 1. The number of nitrogens with zero attached hydrogens (tertiary/aromatic N) is 3. The van der Waals surface area contributed by atoms with E-state index in [1.165, 1.54) is 11.8 Å². The van der Waals surface area contributed by atoms with Crippen LogP contribution in [0.3, 0.4) is 0 Å². The molecule has 7 heteroatoms. The van der Waals surface area contributed by atoms with Crippen molar-refractivity contribution in [2.75, 3.05) is 18.0 Å². The van der Waals surface area contributed by atoms with Crippen molar-refractivity contribution in [1.29, 1.82) is 0 Å². The van der Waals surface area contributed by atoms with E-state index >= 15 is 0 Å². The molecule has 2 aromatic carbocycles. The van der Waals surface area contributed by atoms with Crippen LogP contribution < -0.4 is 4.90 Å². The molecule has 0 fully saturated rings. The van der Waals surface area contributed by atoms with Gasteiger partial charge in [0.25, 0.3) is 5.22 Å². The zero-order chi connectivity index (χ0) is 20.1. The van der Waals surface area contributed by atoms with Crippen molar-refractivity contribution in [3.8, 4) is 11.5 Å². The fourth-order valence-electron chi connectivity index (χ4n) is 2.83. The van der Waals surface area contributed by atoms with Gasteiger partial charge < -0.3 is 9.32 Å². The van der Waals surface area contributed by atoms with E-state index in [2.05, 4.69) is 28.9 Å². The van der Waals surface area contributed by atoms with Gasteiger partial charge in [0.05, 0.1) is 5.25 Å². The van der Waals surface area contributed by atoms with Gasteiger partial charge in [-0.15, -0.1) is 10.2 Å². The van der Waals surface area contributed by atoms with E-state index in [9.17, 15) is 4.79 Å². The third-order valence-electron chi connectivity index (χ3n) is 4.42. The fourth-order valence-corrected chi connectivity index (χ4v) is 3.72. The summed E-state index contributed by atoms with van der Waals surface area (Å²) >= 11 is 7.13. The molecule has 0 aliphatic rings. The molecule has 3 aromatic rings. The number of anilines is 1. The molecule has 0 bridgehead atoms. The minimum Gasteiger partial charge on any atom is -0.411 e. The van der Waals surface area contributed by atoms with Gasteiger partial charge in [0.15, 0.2) is 5.78 Å². The number of carbonyl (C=O) groups is 1. The van der Waals surface area contributed by atoms with Gasteiger partial charge >= 0.3 is 0 Å². The molecular weight excluding hydrogens is 394 g/mol. The molecule has 28 heavy (non-hydrogen) atoms. The average Bonchev–Trinajstić information content (AvgIpc) is 3.18. The second-order valence-corrected chi connectivity index (χ2v) is 7.95. The minimum atomic E-state index is -0.348. The third-order valence-corrected chi connectivity index (χ3v) is 5.61. The Morgan fingerprint density at radius 2 is 1.71 bits per heavy atom. The molecule has 146 valence electrons. The molecule has 0 amide bonds. The number of halogens is 1. The lowest BCUT2D eigenvalue weighted by Crippen LogP contribution is -2.21. The zero-order valence-corrected chi connectivity index (χ0v) is 17.6. The molecule has 0 unspecified atom stereocenters. The fraction of sp³-hybridized carbons (Fsp3) is 0.286. The van der Waals surface area contributed by atoms with E-state index in [0.29, 0.717) is 21.7 Å². The number of Topliss-reactive ketones (excluding diaryl/α,β-unsaturated/α-hetero) is 1. The number of benzene rings is 2. The molecule has 1 heterocycles. The Hall–Kier alpha value is -2.31. The monoisotopic (exact) mass is 415 g/mol. The van der Waals surface area contributed by atoms with Gasteiger partial charge in [-0.25, -0.2) is 0 Å². The van der Waals surface area contributed by atoms with Crippen LogP contribution in [0.2, 0.25) is 5.02 Å². The highest BCUT2D eigenvalue weighted by Crippen LogP contribution is 2.29. The smallest absolute Gasteiger partial charge is 0.277 e. The maximum Gasteiger partial charge on any atom is 0.277 e. The molecule has 0 radical (unpaired) electrons. The van der Waals surface area contributed by atoms with Gasteiger partial charge in [-0.2, -0.15) is 0 Å². The molecule has 0 saturated carbocycles. The lowest BCUT2D eigenvalue weighted by Gasteiger charge is -2.20. The van der Waals surface area contributed by atoms with Crippen molar-refractivity contribution < 1.29 is 9.21 Å². The van der Waals surface area contributed by atoms with Crippen LogP contribution >= 0.6 is 23.4 Å². The topological polar surface area (TPSA) is 59.2 Å². The summed E-state index contributed by atoms with van der Waals surface area (Å²) in [5, 5.41) is 8.82. The van der Waals surface area contributed by atoms with E-state index in [1.807, 2.05) is 31.2 Å². The van der Waals surface area contributed by atoms with Crippen LogP contribution in [0.15, 0.2) is 58.2 Å². The van der Waals surface area contributed by atoms with E-state index in [0.717, 1.165) is 24.3 Å². The normalized spacial score (nSPS) is 12.0. The lowest BCUT2D eigenvalue weighted by atomic mass is 10.1. The first-order valence-corrected chi connectivity index (χ1v) is 10.4. The summed E-state index contributed by atoms with van der Waals surface area (Å²) in [6, 6.07) is 14.9. The molecule has 0 aliphatic carbocycles. The number of ketones is 1. The Labute approximate surface area is 174 Å². The zero-order valence-electron chi connectivity index (χ0n) is 16.1. The van der Waals surface area contributed by atoms with Gasteiger partial charge in [-0.1, -0.05) is 23.4 Å². The summed E-state index contributed by atoms with van der Waals surface area (Å²) in [4.78, 5) is 14.8. The first kappa shape index (κ1) is 20.4. The summed E-state index contributed by atoms with van der Waals surface area (Å²) < 4.78 is 5.75. The first-order chi connectivity index (χ1) is 13.5. The predicted octanol–water partition coefficient (Wildman–Crippen LogP) is 5.60. The molecule has 0 spiro atoms. The van der Waals surface area contributed by atoms with Crippen molar-refractivity contribution in [3.63, 3.8) is 0 Å². The second kappa shape index (κ2) is 9.26. The van der Waals surface area contributed by atoms with Crippen molar-refractivity contribution in [3.05, 3.63) is 59.1 Å². The predicted molar refractivity (Wildman–Crippen MR) is 114 cm³/mol. The van der Waals surface area contributed by atoms with E-state index in [-0.39, 0.29) is 11.0 Å². The number of carbonyl (C=O) groups excluding carboxylic acids is 1. The van der Waals surface area contributed by atoms with Crippen molar-refractivity contribution in [2.24, 2.45) is 0 Å². The van der Waals surface area contributed by atoms with E-state index in [1.54, 1.807) is 24.3 Å². The maximum atomic E-state index is 12.5. The SMILES string of the molecule is CCN(CC)c1ccc(-c2nnc(S[C@H](C)C(=O)c3ccc(Cl)cc3)o2)cc1. The van der Waals surface area contributed by atoms with Gasteiger partial charge in [-0.3, -0.25) is 4.79 Å². The highest BCUT2D eigenvalue weighted by molar-refractivity contribution is 8.00. The van der Waals surface area contributed by atoms with Crippen molar-refractivity contribution in [2.45, 2.75) is 31.2 Å². The van der Waals surface area contributed by atoms with E-state index in [4.69, 9.17) is 16.0 Å². The van der Waals surface area contributed by atoms with Gasteiger partial charge in [0.2, 0.25) is 5.89 Å². The Balaban J connectivity index is 1.68. The van der Waals surface area contributed by atoms with Crippen LogP contribution in [0.5, 0.6) is 0 Å². The summed E-state index contributed by atoms with van der Waals surface area (Å²) in [7, 11) is 0. The summed E-state index contributed by atoms with van der Waals surface area (Å²) in [5.74, 6) is 0.435. The standard InChI is InChI=1S/C21H22ClN3O2S/c1-4-25(5-2)18-12-8-16(9-13-18)20-23-24-21(27-20)28-14(3)19(26)15-6-10-17(22)11-7-15/h6-14H,4-5H2,1-3H3/t14-/m1/s1. The number of rotatable bonds is 8. The highest BCUT2D eigenvalue weighted by atomic mass is 35.5. The molecule has 0 N–H and O–H groups in total. The Kier molecular flexibility index (Phi) is 6.75. The van der Waals surface area contributed by atoms with Crippen LogP contribution in [-0.4, -0.2) is 34.3 Å². The van der Waals surface area contributed by atoms with Crippen molar-refractivity contribution >= 4 is 34.8 Å². The number of hydrogen-bond donors (Lipinski definition) is 0. The van der Waals surface area contributed by atoms with E-state index < -0.39 is 0 Å².